The van der Waals surface area contributed by atoms with Gasteiger partial charge in [0.2, 0.25) is 0 Å². The van der Waals surface area contributed by atoms with Crippen LogP contribution in [0.15, 0.2) is 33.6 Å². The minimum atomic E-state index is -4.34. The summed E-state index contributed by atoms with van der Waals surface area (Å²) in [6.45, 7) is 0. The summed E-state index contributed by atoms with van der Waals surface area (Å²) in [4.78, 5) is 9.72. The van der Waals surface area contributed by atoms with Crippen LogP contribution in [0.2, 0.25) is 0 Å². The molecule has 0 amide bonds. The highest BCUT2D eigenvalue weighted by molar-refractivity contribution is 7.93. The van der Waals surface area contributed by atoms with E-state index in [0.717, 1.165) is 6.08 Å². The highest BCUT2D eigenvalue weighted by atomic mass is 32.2. The van der Waals surface area contributed by atoms with Crippen LogP contribution in [0.25, 0.3) is 0 Å². The lowest BCUT2D eigenvalue weighted by Crippen LogP contribution is -2.28. The van der Waals surface area contributed by atoms with Crippen molar-refractivity contribution < 1.29 is 26.4 Å². The molecule has 1 N–H and O–H groups in total. The highest BCUT2D eigenvalue weighted by Gasteiger charge is 2.18. The van der Waals surface area contributed by atoms with Gasteiger partial charge in [-0.15, -0.1) is 0 Å². The van der Waals surface area contributed by atoms with Crippen molar-refractivity contribution in [3.63, 3.8) is 0 Å². The summed E-state index contributed by atoms with van der Waals surface area (Å²) >= 11 is 0. The second-order valence-electron chi connectivity index (χ2n) is 3.24. The van der Waals surface area contributed by atoms with Crippen LogP contribution in [-0.4, -0.2) is 35.9 Å². The molecular formula is C9H10N2O6S2. The summed E-state index contributed by atoms with van der Waals surface area (Å²) in [5.74, 6) is -0.447. The number of rotatable bonds is 6. The maximum Gasteiger partial charge on any atom is 0.331 e. The molecule has 0 aliphatic rings. The van der Waals surface area contributed by atoms with Gasteiger partial charge in [-0.2, -0.15) is 13.1 Å². The molecule has 0 saturated carbocycles. The molecule has 0 aliphatic carbocycles. The number of carbonyl (C=O) groups excluding carboxylic acids is 1. The number of benzene rings is 1. The van der Waals surface area contributed by atoms with Crippen molar-refractivity contribution in [2.45, 2.75) is 4.90 Å². The van der Waals surface area contributed by atoms with Gasteiger partial charge >= 0.3 is 10.2 Å². The Morgan fingerprint density at radius 2 is 1.79 bits per heavy atom. The first-order valence-electron chi connectivity index (χ1n) is 4.76. The van der Waals surface area contributed by atoms with Crippen LogP contribution in [-0.2, 0) is 24.8 Å². The van der Waals surface area contributed by atoms with Gasteiger partial charge in [0.15, 0.2) is 9.84 Å². The standard InChI is InChI=1S/C9H10N2O6S2/c1-17-8-2-4-9(5-3-8)18(13,14)7-11-19(15,16)10-6-12/h2-5,11H,7H2,1H3. The Balaban J connectivity index is 2.90. The number of isocyanates is 1. The van der Waals surface area contributed by atoms with E-state index in [1.54, 1.807) is 4.72 Å². The first-order chi connectivity index (χ1) is 8.80. The Labute approximate surface area is 110 Å². The lowest BCUT2D eigenvalue weighted by Gasteiger charge is -2.05. The molecule has 0 radical (unpaired) electrons. The van der Waals surface area contributed by atoms with Crippen molar-refractivity contribution in [3.05, 3.63) is 24.3 Å². The van der Waals surface area contributed by atoms with E-state index in [1.165, 1.54) is 31.4 Å². The van der Waals surface area contributed by atoms with E-state index in [4.69, 9.17) is 4.74 Å². The van der Waals surface area contributed by atoms with Crippen molar-refractivity contribution >= 4 is 26.1 Å². The summed E-state index contributed by atoms with van der Waals surface area (Å²) in [6.07, 6.45) is 0.812. The average Bonchev–Trinajstić information content (AvgIpc) is 2.37. The van der Waals surface area contributed by atoms with Crippen LogP contribution in [0.3, 0.4) is 0 Å². The van der Waals surface area contributed by atoms with Gasteiger partial charge in [0.25, 0.3) is 6.08 Å². The molecule has 0 unspecified atom stereocenters. The molecule has 0 aromatic heterocycles. The van der Waals surface area contributed by atoms with Crippen LogP contribution in [0.1, 0.15) is 0 Å². The fourth-order valence-electron chi connectivity index (χ4n) is 1.10. The van der Waals surface area contributed by atoms with Crippen LogP contribution in [0.5, 0.6) is 5.75 Å². The number of ether oxygens (including phenoxy) is 1. The molecule has 0 bridgehead atoms. The van der Waals surface area contributed by atoms with Crippen molar-refractivity contribution in [1.29, 1.82) is 0 Å². The monoisotopic (exact) mass is 306 g/mol. The molecule has 1 rings (SSSR count). The Morgan fingerprint density at radius 3 is 2.26 bits per heavy atom. The summed E-state index contributed by atoms with van der Waals surface area (Å²) in [7, 11) is -6.78. The predicted molar refractivity (Wildman–Crippen MR) is 65.2 cm³/mol. The summed E-state index contributed by atoms with van der Waals surface area (Å²) in [6, 6.07) is 5.38. The van der Waals surface area contributed by atoms with Crippen molar-refractivity contribution in [3.8, 4) is 5.75 Å². The van der Waals surface area contributed by atoms with Crippen molar-refractivity contribution in [1.82, 2.24) is 4.72 Å². The van der Waals surface area contributed by atoms with E-state index in [-0.39, 0.29) is 4.90 Å². The molecule has 0 fully saturated rings. The van der Waals surface area contributed by atoms with Crippen LogP contribution < -0.4 is 9.46 Å². The lowest BCUT2D eigenvalue weighted by molar-refractivity contribution is 0.414. The Morgan fingerprint density at radius 1 is 1.21 bits per heavy atom. The number of hydrogen-bond donors (Lipinski definition) is 1. The number of sulfone groups is 1. The van der Waals surface area contributed by atoms with Gasteiger partial charge in [-0.05, 0) is 24.3 Å². The van der Waals surface area contributed by atoms with Gasteiger partial charge in [0.1, 0.15) is 11.6 Å². The van der Waals surface area contributed by atoms with E-state index >= 15 is 0 Å². The number of methoxy groups -OCH3 is 1. The molecule has 0 spiro atoms. The molecule has 1 aromatic carbocycles. The SMILES string of the molecule is COc1ccc(S(=O)(=O)CNS(=O)(=O)N=C=O)cc1. The minimum Gasteiger partial charge on any atom is -0.497 e. The summed E-state index contributed by atoms with van der Waals surface area (Å²) in [5, 5.41) is 0. The molecule has 104 valence electrons. The number of nitrogens with one attached hydrogen (secondary N) is 1. The second kappa shape index (κ2) is 5.93. The van der Waals surface area contributed by atoms with Gasteiger partial charge in [-0.25, -0.2) is 13.2 Å². The summed E-state index contributed by atoms with van der Waals surface area (Å²) < 4.78 is 54.5. The van der Waals surface area contributed by atoms with Crippen LogP contribution in [0.4, 0.5) is 0 Å². The first kappa shape index (κ1) is 15.3. The Kier molecular flexibility index (Phi) is 4.78. The van der Waals surface area contributed by atoms with Gasteiger partial charge in [-0.3, -0.25) is 0 Å². The predicted octanol–water partition coefficient (Wildman–Crippen LogP) is -0.403. The molecule has 19 heavy (non-hydrogen) atoms. The van der Waals surface area contributed by atoms with Gasteiger partial charge in [0, 0.05) is 0 Å². The summed E-state index contributed by atoms with van der Waals surface area (Å²) in [5.41, 5.74) is 0. The third-order valence-corrected chi connectivity index (χ3v) is 4.53. The van der Waals surface area contributed by atoms with Gasteiger partial charge in [-0.1, -0.05) is 4.40 Å². The molecular weight excluding hydrogens is 296 g/mol. The fourth-order valence-corrected chi connectivity index (χ4v) is 3.20. The zero-order chi connectivity index (χ0) is 14.5. The van der Waals surface area contributed by atoms with E-state index < -0.39 is 25.9 Å². The third kappa shape index (κ3) is 4.45. The zero-order valence-corrected chi connectivity index (χ0v) is 11.4. The number of hydrogen-bond acceptors (Lipinski definition) is 6. The first-order valence-corrected chi connectivity index (χ1v) is 7.85. The van der Waals surface area contributed by atoms with E-state index in [0.29, 0.717) is 5.75 Å². The van der Waals surface area contributed by atoms with Crippen molar-refractivity contribution in [2.75, 3.05) is 13.0 Å². The van der Waals surface area contributed by atoms with E-state index in [9.17, 15) is 21.6 Å². The largest absolute Gasteiger partial charge is 0.497 e. The quantitative estimate of drug-likeness (QED) is 0.564. The lowest BCUT2D eigenvalue weighted by atomic mass is 10.3. The molecule has 10 heteroatoms. The van der Waals surface area contributed by atoms with Gasteiger partial charge in [0.05, 0.1) is 12.0 Å². The average molecular weight is 306 g/mol. The third-order valence-electron chi connectivity index (χ3n) is 2.01. The number of nitrogens with zero attached hydrogens (tertiary/aromatic N) is 1. The topological polar surface area (TPSA) is 119 Å². The minimum absolute atomic E-state index is 0.0916. The molecule has 0 atom stereocenters. The van der Waals surface area contributed by atoms with E-state index in [1.807, 2.05) is 0 Å². The fraction of sp³-hybridized carbons (Fsp3) is 0.222. The molecule has 0 heterocycles. The second-order valence-corrected chi connectivity index (χ2v) is 6.65. The molecule has 8 nitrogen and oxygen atoms in total. The van der Waals surface area contributed by atoms with Crippen LogP contribution >= 0.6 is 0 Å². The molecule has 0 saturated heterocycles. The van der Waals surface area contributed by atoms with Crippen LogP contribution in [0, 0.1) is 0 Å². The smallest absolute Gasteiger partial charge is 0.331 e. The van der Waals surface area contributed by atoms with Crippen molar-refractivity contribution in [2.24, 2.45) is 4.40 Å². The van der Waals surface area contributed by atoms with E-state index in [2.05, 4.69) is 4.40 Å². The highest BCUT2D eigenvalue weighted by Crippen LogP contribution is 2.16. The van der Waals surface area contributed by atoms with Gasteiger partial charge < -0.3 is 4.74 Å². The zero-order valence-electron chi connectivity index (χ0n) is 9.73. The normalized spacial score (nSPS) is 11.6. The maximum atomic E-state index is 11.8. The Hall–Kier alpha value is -1.74. The molecule has 1 aromatic rings. The Bertz CT molecular complexity index is 687. The molecule has 0 aliphatic heterocycles. The maximum absolute atomic E-state index is 11.8.